The van der Waals surface area contributed by atoms with Gasteiger partial charge in [-0.1, -0.05) is 0 Å². The molecule has 0 radical (unpaired) electrons. The number of anilines is 2. The third kappa shape index (κ3) is 3.41. The lowest BCUT2D eigenvalue weighted by atomic mass is 10.0. The Balaban J connectivity index is 2.10. The molecule has 2 rings (SSSR count). The standard InChI is InChI=1S/C16H27N3/c1-5-18(6-2)14-7-9-15(10-8-14)19-12-11-17-16(3,4)13-19/h7-10,17H,5-6,11-13H2,1-4H3. The van der Waals surface area contributed by atoms with Gasteiger partial charge in [-0.25, -0.2) is 0 Å². The molecule has 1 aliphatic rings. The van der Waals surface area contributed by atoms with Crippen LogP contribution in [0.3, 0.4) is 0 Å². The topological polar surface area (TPSA) is 18.5 Å². The number of rotatable bonds is 4. The smallest absolute Gasteiger partial charge is 0.0368 e. The summed E-state index contributed by atoms with van der Waals surface area (Å²) in [5.41, 5.74) is 2.86. The van der Waals surface area contributed by atoms with E-state index in [1.807, 2.05) is 0 Å². The molecule has 1 aromatic carbocycles. The van der Waals surface area contributed by atoms with Crippen molar-refractivity contribution in [1.29, 1.82) is 0 Å². The van der Waals surface area contributed by atoms with E-state index in [-0.39, 0.29) is 5.54 Å². The first kappa shape index (κ1) is 14.2. The van der Waals surface area contributed by atoms with Gasteiger partial charge >= 0.3 is 0 Å². The molecule has 0 unspecified atom stereocenters. The van der Waals surface area contributed by atoms with Crippen molar-refractivity contribution >= 4 is 11.4 Å². The van der Waals surface area contributed by atoms with Crippen LogP contribution in [-0.4, -0.2) is 38.3 Å². The molecule has 0 saturated carbocycles. The monoisotopic (exact) mass is 261 g/mol. The second-order valence-corrected chi connectivity index (χ2v) is 5.92. The van der Waals surface area contributed by atoms with Gasteiger partial charge in [0.2, 0.25) is 0 Å². The van der Waals surface area contributed by atoms with Crippen molar-refractivity contribution in [1.82, 2.24) is 5.32 Å². The second-order valence-electron chi connectivity index (χ2n) is 5.92. The van der Waals surface area contributed by atoms with E-state index in [1.54, 1.807) is 0 Å². The van der Waals surface area contributed by atoms with E-state index in [2.05, 4.69) is 67.1 Å². The largest absolute Gasteiger partial charge is 0.372 e. The predicted octanol–water partition coefficient (Wildman–Crippen LogP) is 2.72. The van der Waals surface area contributed by atoms with Gasteiger partial charge in [0, 0.05) is 49.6 Å². The highest BCUT2D eigenvalue weighted by Crippen LogP contribution is 2.23. The molecule has 1 aliphatic heterocycles. The first-order valence-corrected chi connectivity index (χ1v) is 7.40. The third-order valence-corrected chi connectivity index (χ3v) is 3.91. The van der Waals surface area contributed by atoms with Crippen molar-refractivity contribution in [3.05, 3.63) is 24.3 Å². The fourth-order valence-corrected chi connectivity index (χ4v) is 2.82. The van der Waals surface area contributed by atoms with Crippen LogP contribution in [0.4, 0.5) is 11.4 Å². The van der Waals surface area contributed by atoms with Crippen molar-refractivity contribution in [2.75, 3.05) is 42.5 Å². The van der Waals surface area contributed by atoms with Crippen molar-refractivity contribution in [3.8, 4) is 0 Å². The maximum Gasteiger partial charge on any atom is 0.0368 e. The maximum atomic E-state index is 3.56. The van der Waals surface area contributed by atoms with E-state index in [0.29, 0.717) is 0 Å². The van der Waals surface area contributed by atoms with E-state index in [4.69, 9.17) is 0 Å². The van der Waals surface area contributed by atoms with Gasteiger partial charge in [-0.2, -0.15) is 0 Å². The van der Waals surface area contributed by atoms with Crippen molar-refractivity contribution < 1.29 is 0 Å². The minimum absolute atomic E-state index is 0.204. The van der Waals surface area contributed by atoms with Gasteiger partial charge in [0.05, 0.1) is 0 Å². The van der Waals surface area contributed by atoms with Crippen LogP contribution >= 0.6 is 0 Å². The van der Waals surface area contributed by atoms with Crippen molar-refractivity contribution in [3.63, 3.8) is 0 Å². The Hall–Kier alpha value is -1.22. The SMILES string of the molecule is CCN(CC)c1ccc(N2CCNC(C)(C)C2)cc1. The highest BCUT2D eigenvalue weighted by Gasteiger charge is 2.25. The normalized spacial score (nSPS) is 18.4. The maximum absolute atomic E-state index is 3.56. The summed E-state index contributed by atoms with van der Waals surface area (Å²) in [6.07, 6.45) is 0. The average Bonchev–Trinajstić information content (AvgIpc) is 2.40. The number of nitrogens with one attached hydrogen (secondary N) is 1. The predicted molar refractivity (Wildman–Crippen MR) is 84.3 cm³/mol. The van der Waals surface area contributed by atoms with E-state index in [1.165, 1.54) is 11.4 Å². The van der Waals surface area contributed by atoms with Gasteiger partial charge in [-0.05, 0) is 52.0 Å². The summed E-state index contributed by atoms with van der Waals surface area (Å²) in [4.78, 5) is 4.86. The van der Waals surface area contributed by atoms with Crippen molar-refractivity contribution in [2.24, 2.45) is 0 Å². The summed E-state index contributed by atoms with van der Waals surface area (Å²) < 4.78 is 0. The summed E-state index contributed by atoms with van der Waals surface area (Å²) in [7, 11) is 0. The molecule has 0 atom stereocenters. The Morgan fingerprint density at radius 2 is 1.79 bits per heavy atom. The van der Waals surface area contributed by atoms with Crippen LogP contribution in [0.25, 0.3) is 0 Å². The van der Waals surface area contributed by atoms with E-state index in [9.17, 15) is 0 Å². The zero-order chi connectivity index (χ0) is 13.9. The Morgan fingerprint density at radius 3 is 2.32 bits per heavy atom. The molecule has 1 heterocycles. The number of piperazine rings is 1. The van der Waals surface area contributed by atoms with Crippen LogP contribution < -0.4 is 15.1 Å². The zero-order valence-corrected chi connectivity index (χ0v) is 12.7. The lowest BCUT2D eigenvalue weighted by Gasteiger charge is -2.40. The Bertz CT molecular complexity index is 393. The molecule has 0 amide bonds. The van der Waals surface area contributed by atoms with Crippen molar-refractivity contribution in [2.45, 2.75) is 33.2 Å². The lowest BCUT2D eigenvalue weighted by molar-refractivity contribution is 0.353. The highest BCUT2D eigenvalue weighted by molar-refractivity contribution is 5.56. The molecule has 1 fully saturated rings. The molecule has 3 nitrogen and oxygen atoms in total. The Labute approximate surface area is 117 Å². The van der Waals surface area contributed by atoms with Crippen LogP contribution in [0.5, 0.6) is 0 Å². The number of benzene rings is 1. The summed E-state index contributed by atoms with van der Waals surface area (Å²) in [6, 6.07) is 9.01. The van der Waals surface area contributed by atoms with E-state index < -0.39 is 0 Å². The summed E-state index contributed by atoms with van der Waals surface area (Å²) in [5.74, 6) is 0. The van der Waals surface area contributed by atoms with Gasteiger partial charge in [-0.15, -0.1) is 0 Å². The first-order chi connectivity index (χ1) is 9.05. The fraction of sp³-hybridized carbons (Fsp3) is 0.625. The number of hydrogen-bond donors (Lipinski definition) is 1. The van der Waals surface area contributed by atoms with Crippen LogP contribution in [0.1, 0.15) is 27.7 Å². The van der Waals surface area contributed by atoms with Crippen LogP contribution in [0.2, 0.25) is 0 Å². The van der Waals surface area contributed by atoms with E-state index in [0.717, 1.165) is 32.7 Å². The van der Waals surface area contributed by atoms with Gasteiger partial charge in [0.15, 0.2) is 0 Å². The molecule has 19 heavy (non-hydrogen) atoms. The molecule has 1 aromatic rings. The van der Waals surface area contributed by atoms with Gasteiger partial charge in [-0.3, -0.25) is 0 Å². The third-order valence-electron chi connectivity index (χ3n) is 3.91. The summed E-state index contributed by atoms with van der Waals surface area (Å²) >= 11 is 0. The molecule has 1 N–H and O–H groups in total. The van der Waals surface area contributed by atoms with Gasteiger partial charge in [0.1, 0.15) is 0 Å². The number of nitrogens with zero attached hydrogens (tertiary/aromatic N) is 2. The molecule has 0 spiro atoms. The lowest BCUT2D eigenvalue weighted by Crippen LogP contribution is -2.57. The Morgan fingerprint density at radius 1 is 1.16 bits per heavy atom. The van der Waals surface area contributed by atoms with Gasteiger partial charge < -0.3 is 15.1 Å². The summed E-state index contributed by atoms with van der Waals surface area (Å²) in [5, 5.41) is 3.56. The summed E-state index contributed by atoms with van der Waals surface area (Å²) in [6.45, 7) is 14.3. The Kier molecular flexibility index (Phi) is 4.35. The quantitative estimate of drug-likeness (QED) is 0.899. The molecular formula is C16H27N3. The molecule has 0 aromatic heterocycles. The zero-order valence-electron chi connectivity index (χ0n) is 12.7. The molecule has 1 saturated heterocycles. The molecule has 0 aliphatic carbocycles. The highest BCUT2D eigenvalue weighted by atomic mass is 15.2. The van der Waals surface area contributed by atoms with Crippen LogP contribution in [0, 0.1) is 0 Å². The molecule has 106 valence electrons. The first-order valence-electron chi connectivity index (χ1n) is 7.40. The number of hydrogen-bond acceptors (Lipinski definition) is 3. The molecular weight excluding hydrogens is 234 g/mol. The van der Waals surface area contributed by atoms with Gasteiger partial charge in [0.25, 0.3) is 0 Å². The minimum atomic E-state index is 0.204. The fourth-order valence-electron chi connectivity index (χ4n) is 2.82. The molecule has 3 heteroatoms. The second kappa shape index (κ2) is 5.83. The van der Waals surface area contributed by atoms with Crippen LogP contribution in [-0.2, 0) is 0 Å². The van der Waals surface area contributed by atoms with Crippen LogP contribution in [0.15, 0.2) is 24.3 Å². The molecule has 0 bridgehead atoms. The average molecular weight is 261 g/mol. The van der Waals surface area contributed by atoms with E-state index >= 15 is 0 Å². The minimum Gasteiger partial charge on any atom is -0.372 e.